The van der Waals surface area contributed by atoms with Crippen molar-refractivity contribution in [2.24, 2.45) is 0 Å². The van der Waals surface area contributed by atoms with Crippen LogP contribution in [0.5, 0.6) is 11.5 Å². The fourth-order valence-electron chi connectivity index (χ4n) is 3.03. The van der Waals surface area contributed by atoms with Gasteiger partial charge in [-0.2, -0.15) is 0 Å². The smallest absolute Gasteiger partial charge is 0.232 e. The molecule has 0 heterocycles. The van der Waals surface area contributed by atoms with Crippen molar-refractivity contribution < 1.29 is 14.3 Å². The van der Waals surface area contributed by atoms with Crippen LogP contribution in [-0.4, -0.2) is 25.7 Å². The van der Waals surface area contributed by atoms with Crippen molar-refractivity contribution in [1.82, 2.24) is 5.32 Å². The Bertz CT molecular complexity index is 809. The van der Waals surface area contributed by atoms with Gasteiger partial charge in [0.1, 0.15) is 18.1 Å². The van der Waals surface area contributed by atoms with Crippen molar-refractivity contribution in [2.45, 2.75) is 12.8 Å². The number of ether oxygens (including phenoxy) is 2. The predicted molar refractivity (Wildman–Crippen MR) is 111 cm³/mol. The Hall–Kier alpha value is -3.27. The van der Waals surface area contributed by atoms with Crippen LogP contribution < -0.4 is 14.8 Å². The van der Waals surface area contributed by atoms with Gasteiger partial charge < -0.3 is 14.8 Å². The first kappa shape index (κ1) is 19.5. The molecule has 0 aliphatic rings. The van der Waals surface area contributed by atoms with E-state index in [0.717, 1.165) is 22.6 Å². The average Bonchev–Trinajstić information content (AvgIpc) is 2.74. The van der Waals surface area contributed by atoms with Gasteiger partial charge in [-0.15, -0.1) is 0 Å². The maximum atomic E-state index is 12.9. The van der Waals surface area contributed by atoms with E-state index in [1.165, 1.54) is 0 Å². The van der Waals surface area contributed by atoms with Crippen LogP contribution >= 0.6 is 0 Å². The summed E-state index contributed by atoms with van der Waals surface area (Å²) in [6.45, 7) is 3.42. The van der Waals surface area contributed by atoms with Gasteiger partial charge in [0.05, 0.1) is 19.1 Å². The molecule has 0 unspecified atom stereocenters. The Balaban J connectivity index is 1.57. The zero-order chi connectivity index (χ0) is 19.6. The van der Waals surface area contributed by atoms with Gasteiger partial charge in [0, 0.05) is 0 Å². The molecule has 3 aromatic rings. The number of carbonyl (C=O) groups excluding carboxylic acids is 1. The number of benzene rings is 3. The maximum Gasteiger partial charge on any atom is 0.232 e. The molecule has 0 radical (unpaired) electrons. The summed E-state index contributed by atoms with van der Waals surface area (Å²) in [4.78, 5) is 12.9. The van der Waals surface area contributed by atoms with Gasteiger partial charge in [0.2, 0.25) is 5.91 Å². The molecule has 0 saturated heterocycles. The van der Waals surface area contributed by atoms with Gasteiger partial charge in [0.15, 0.2) is 0 Å². The molecular formula is C24H25NO3. The monoisotopic (exact) mass is 375 g/mol. The van der Waals surface area contributed by atoms with Crippen LogP contribution in [-0.2, 0) is 4.79 Å². The quantitative estimate of drug-likeness (QED) is 0.564. The molecule has 1 N–H and O–H groups in total. The number of hydrogen-bond donors (Lipinski definition) is 1. The van der Waals surface area contributed by atoms with E-state index in [1.807, 2.05) is 91.9 Å². The number of amides is 1. The lowest BCUT2D eigenvalue weighted by Gasteiger charge is -2.18. The summed E-state index contributed by atoms with van der Waals surface area (Å²) in [5, 5.41) is 2.99. The Kier molecular flexibility index (Phi) is 7.08. The van der Waals surface area contributed by atoms with E-state index in [4.69, 9.17) is 9.47 Å². The fourth-order valence-corrected chi connectivity index (χ4v) is 3.03. The first-order valence-electron chi connectivity index (χ1n) is 9.51. The number of rotatable bonds is 9. The van der Waals surface area contributed by atoms with Gasteiger partial charge in [-0.3, -0.25) is 4.79 Å². The second-order valence-electron chi connectivity index (χ2n) is 6.30. The van der Waals surface area contributed by atoms with E-state index in [1.54, 1.807) is 0 Å². The van der Waals surface area contributed by atoms with Crippen LogP contribution in [0.15, 0.2) is 84.9 Å². The predicted octanol–water partition coefficient (Wildman–Crippen LogP) is 4.41. The van der Waals surface area contributed by atoms with Crippen LogP contribution in [0, 0.1) is 0 Å². The zero-order valence-electron chi connectivity index (χ0n) is 16.0. The molecule has 3 aromatic carbocycles. The van der Waals surface area contributed by atoms with E-state index in [9.17, 15) is 4.79 Å². The molecule has 4 nitrogen and oxygen atoms in total. The Morgan fingerprint density at radius 3 is 1.79 bits per heavy atom. The molecular weight excluding hydrogens is 350 g/mol. The van der Waals surface area contributed by atoms with Crippen molar-refractivity contribution in [3.8, 4) is 11.5 Å². The number of nitrogens with one attached hydrogen (secondary N) is 1. The molecule has 144 valence electrons. The summed E-state index contributed by atoms with van der Waals surface area (Å²) in [5.41, 5.74) is 1.94. The highest BCUT2D eigenvalue weighted by Gasteiger charge is 2.21. The van der Waals surface area contributed by atoms with Crippen molar-refractivity contribution in [1.29, 1.82) is 0 Å². The van der Waals surface area contributed by atoms with Gasteiger partial charge >= 0.3 is 0 Å². The lowest BCUT2D eigenvalue weighted by Crippen LogP contribution is -2.33. The van der Waals surface area contributed by atoms with Gasteiger partial charge in [-0.05, 0) is 42.3 Å². The van der Waals surface area contributed by atoms with Crippen molar-refractivity contribution >= 4 is 5.91 Å². The second kappa shape index (κ2) is 10.2. The Morgan fingerprint density at radius 1 is 0.786 bits per heavy atom. The Morgan fingerprint density at radius 2 is 1.29 bits per heavy atom. The zero-order valence-corrected chi connectivity index (χ0v) is 16.0. The molecule has 0 aliphatic heterocycles. The summed E-state index contributed by atoms with van der Waals surface area (Å²) in [7, 11) is 0. The third-order valence-corrected chi connectivity index (χ3v) is 4.33. The molecule has 0 atom stereocenters. The molecule has 0 spiro atoms. The highest BCUT2D eigenvalue weighted by Crippen LogP contribution is 2.24. The Labute approximate surface area is 166 Å². The van der Waals surface area contributed by atoms with Crippen LogP contribution in [0.2, 0.25) is 0 Å². The minimum atomic E-state index is -0.340. The summed E-state index contributed by atoms with van der Waals surface area (Å²) in [6.07, 6.45) is 0. The SMILES string of the molecule is CCOc1ccc(OCCNC(=O)C(c2ccccc2)c2ccccc2)cc1. The van der Waals surface area contributed by atoms with E-state index in [-0.39, 0.29) is 11.8 Å². The van der Waals surface area contributed by atoms with Crippen LogP contribution in [0.4, 0.5) is 0 Å². The third-order valence-electron chi connectivity index (χ3n) is 4.33. The highest BCUT2D eigenvalue weighted by atomic mass is 16.5. The minimum Gasteiger partial charge on any atom is -0.494 e. The normalized spacial score (nSPS) is 10.5. The van der Waals surface area contributed by atoms with Crippen molar-refractivity contribution in [3.63, 3.8) is 0 Å². The molecule has 0 bridgehead atoms. The number of carbonyl (C=O) groups is 1. The lowest BCUT2D eigenvalue weighted by molar-refractivity contribution is -0.121. The summed E-state index contributed by atoms with van der Waals surface area (Å²) >= 11 is 0. The highest BCUT2D eigenvalue weighted by molar-refractivity contribution is 5.87. The molecule has 4 heteroatoms. The standard InChI is InChI=1S/C24H25NO3/c1-2-27-21-13-15-22(16-14-21)28-18-17-25-24(26)23(19-9-5-3-6-10-19)20-11-7-4-8-12-20/h3-16,23H,2,17-18H2,1H3,(H,25,26). The van der Waals surface area contributed by atoms with Gasteiger partial charge in [-0.1, -0.05) is 60.7 Å². The summed E-state index contributed by atoms with van der Waals surface area (Å²) in [5.74, 6) is 1.19. The number of hydrogen-bond acceptors (Lipinski definition) is 3. The first-order valence-corrected chi connectivity index (χ1v) is 9.51. The summed E-state index contributed by atoms with van der Waals surface area (Å²) in [6, 6.07) is 27.1. The average molecular weight is 375 g/mol. The summed E-state index contributed by atoms with van der Waals surface area (Å²) < 4.78 is 11.1. The van der Waals surface area contributed by atoms with E-state index < -0.39 is 0 Å². The lowest BCUT2D eigenvalue weighted by atomic mass is 9.90. The molecule has 0 fully saturated rings. The first-order chi connectivity index (χ1) is 13.8. The molecule has 1 amide bonds. The topological polar surface area (TPSA) is 47.6 Å². The molecule has 0 aliphatic carbocycles. The second-order valence-corrected chi connectivity index (χ2v) is 6.30. The fraction of sp³-hybridized carbons (Fsp3) is 0.208. The van der Waals surface area contributed by atoms with E-state index in [0.29, 0.717) is 19.8 Å². The minimum absolute atomic E-state index is 0.0345. The third kappa shape index (κ3) is 5.36. The van der Waals surface area contributed by atoms with Gasteiger partial charge in [0.25, 0.3) is 0 Å². The van der Waals surface area contributed by atoms with Crippen molar-refractivity contribution in [2.75, 3.05) is 19.8 Å². The van der Waals surface area contributed by atoms with Crippen LogP contribution in [0.1, 0.15) is 24.0 Å². The van der Waals surface area contributed by atoms with Crippen LogP contribution in [0.25, 0.3) is 0 Å². The molecule has 0 saturated carbocycles. The molecule has 3 rings (SSSR count). The molecule has 28 heavy (non-hydrogen) atoms. The maximum absolute atomic E-state index is 12.9. The largest absolute Gasteiger partial charge is 0.494 e. The molecule has 0 aromatic heterocycles. The van der Waals surface area contributed by atoms with Gasteiger partial charge in [-0.25, -0.2) is 0 Å². The van der Waals surface area contributed by atoms with Crippen molar-refractivity contribution in [3.05, 3.63) is 96.1 Å². The van der Waals surface area contributed by atoms with E-state index >= 15 is 0 Å². The van der Waals surface area contributed by atoms with Crippen LogP contribution in [0.3, 0.4) is 0 Å². The van der Waals surface area contributed by atoms with E-state index in [2.05, 4.69) is 5.32 Å².